The van der Waals surface area contributed by atoms with Crippen molar-refractivity contribution in [3.63, 3.8) is 0 Å². The van der Waals surface area contributed by atoms with Crippen LogP contribution < -0.4 is 9.47 Å². The summed E-state index contributed by atoms with van der Waals surface area (Å²) in [7, 11) is 0. The fraction of sp³-hybridized carbons (Fsp3) is 0.588. The van der Waals surface area contributed by atoms with E-state index in [0.29, 0.717) is 11.3 Å². The van der Waals surface area contributed by atoms with Crippen molar-refractivity contribution in [1.29, 1.82) is 0 Å². The van der Waals surface area contributed by atoms with E-state index in [-0.39, 0.29) is 12.7 Å². The third kappa shape index (κ3) is 3.35. The van der Waals surface area contributed by atoms with Crippen molar-refractivity contribution in [3.05, 3.63) is 23.8 Å². The molecule has 1 amide bonds. The maximum Gasteiger partial charge on any atom is 0.254 e. The smallest absolute Gasteiger partial charge is 0.254 e. The standard InChI is InChI=1S/C17H24N2O3/c1-13(2)5-6-18-7-9-19(10-8-18)17(20)14-3-4-15-16(11-14)22-12-21-15/h3-4,11,13H,5-10,12H2,1-2H3. The number of piperazine rings is 1. The lowest BCUT2D eigenvalue weighted by Gasteiger charge is -2.35. The Labute approximate surface area is 131 Å². The number of hydrogen-bond acceptors (Lipinski definition) is 4. The molecule has 2 aliphatic rings. The van der Waals surface area contributed by atoms with Crippen LogP contribution in [0.5, 0.6) is 11.5 Å². The molecular formula is C17H24N2O3. The fourth-order valence-electron chi connectivity index (χ4n) is 2.83. The van der Waals surface area contributed by atoms with Gasteiger partial charge in [0.2, 0.25) is 6.79 Å². The third-order valence-corrected chi connectivity index (χ3v) is 4.30. The highest BCUT2D eigenvalue weighted by atomic mass is 16.7. The number of hydrogen-bond donors (Lipinski definition) is 0. The summed E-state index contributed by atoms with van der Waals surface area (Å²) in [6.45, 7) is 9.38. The molecule has 1 fully saturated rings. The zero-order chi connectivity index (χ0) is 15.5. The molecule has 0 radical (unpaired) electrons. The molecule has 3 rings (SSSR count). The minimum atomic E-state index is 0.0850. The number of rotatable bonds is 4. The molecular weight excluding hydrogens is 280 g/mol. The van der Waals surface area contributed by atoms with Crippen molar-refractivity contribution >= 4 is 5.91 Å². The topological polar surface area (TPSA) is 42.0 Å². The van der Waals surface area contributed by atoms with E-state index in [0.717, 1.165) is 44.4 Å². The van der Waals surface area contributed by atoms with Gasteiger partial charge in [0.1, 0.15) is 0 Å². The van der Waals surface area contributed by atoms with Crippen molar-refractivity contribution in [2.45, 2.75) is 20.3 Å². The van der Waals surface area contributed by atoms with Gasteiger partial charge < -0.3 is 14.4 Å². The number of carbonyl (C=O) groups excluding carboxylic acids is 1. The zero-order valence-electron chi connectivity index (χ0n) is 13.4. The van der Waals surface area contributed by atoms with Crippen molar-refractivity contribution in [2.75, 3.05) is 39.5 Å². The maximum atomic E-state index is 12.6. The van der Waals surface area contributed by atoms with Crippen LogP contribution in [0.2, 0.25) is 0 Å². The van der Waals surface area contributed by atoms with Gasteiger partial charge in [-0.2, -0.15) is 0 Å². The molecule has 0 unspecified atom stereocenters. The zero-order valence-corrected chi connectivity index (χ0v) is 13.4. The average Bonchev–Trinajstić information content (AvgIpc) is 3.00. The summed E-state index contributed by atoms with van der Waals surface area (Å²) in [4.78, 5) is 17.0. The molecule has 0 spiro atoms. The van der Waals surface area contributed by atoms with Crippen LogP contribution in [-0.4, -0.2) is 55.2 Å². The number of benzene rings is 1. The van der Waals surface area contributed by atoms with Gasteiger partial charge in [0.05, 0.1) is 0 Å². The van der Waals surface area contributed by atoms with Crippen LogP contribution in [0.3, 0.4) is 0 Å². The second-order valence-electron chi connectivity index (χ2n) is 6.38. The average molecular weight is 304 g/mol. The molecule has 2 heterocycles. The Morgan fingerprint density at radius 3 is 2.59 bits per heavy atom. The van der Waals surface area contributed by atoms with Crippen molar-refractivity contribution < 1.29 is 14.3 Å². The molecule has 5 heteroatoms. The highest BCUT2D eigenvalue weighted by molar-refractivity contribution is 5.95. The van der Waals surface area contributed by atoms with Gasteiger partial charge >= 0.3 is 0 Å². The summed E-state index contributed by atoms with van der Waals surface area (Å²) in [5.74, 6) is 2.20. The van der Waals surface area contributed by atoms with E-state index < -0.39 is 0 Å². The van der Waals surface area contributed by atoms with E-state index in [1.54, 1.807) is 6.07 Å². The van der Waals surface area contributed by atoms with Crippen LogP contribution in [0.4, 0.5) is 0 Å². The molecule has 0 atom stereocenters. The van der Waals surface area contributed by atoms with Crippen molar-refractivity contribution in [1.82, 2.24) is 9.80 Å². The van der Waals surface area contributed by atoms with E-state index in [1.807, 2.05) is 17.0 Å². The lowest BCUT2D eigenvalue weighted by Crippen LogP contribution is -2.48. The summed E-state index contributed by atoms with van der Waals surface area (Å²) in [5.41, 5.74) is 0.680. The first kappa shape index (κ1) is 15.2. The van der Waals surface area contributed by atoms with E-state index in [1.165, 1.54) is 6.42 Å². The fourth-order valence-corrected chi connectivity index (χ4v) is 2.83. The van der Waals surface area contributed by atoms with Crippen LogP contribution >= 0.6 is 0 Å². The first-order valence-corrected chi connectivity index (χ1v) is 8.05. The quantitative estimate of drug-likeness (QED) is 0.855. The lowest BCUT2D eigenvalue weighted by molar-refractivity contribution is 0.0631. The molecule has 0 saturated carbocycles. The monoisotopic (exact) mass is 304 g/mol. The number of nitrogens with zero attached hydrogens (tertiary/aromatic N) is 2. The van der Waals surface area contributed by atoms with Gasteiger partial charge in [-0.1, -0.05) is 13.8 Å². The summed E-state index contributed by atoms with van der Waals surface area (Å²) >= 11 is 0. The predicted molar refractivity (Wildman–Crippen MR) is 84.4 cm³/mol. The number of carbonyl (C=O) groups is 1. The SMILES string of the molecule is CC(C)CCN1CCN(C(=O)c2ccc3c(c2)OCO3)CC1. The number of fused-ring (bicyclic) bond motifs is 1. The van der Waals surface area contributed by atoms with E-state index in [2.05, 4.69) is 18.7 Å². The van der Waals surface area contributed by atoms with Crippen LogP contribution in [0.15, 0.2) is 18.2 Å². The molecule has 0 aliphatic carbocycles. The van der Waals surface area contributed by atoms with Crippen LogP contribution in [-0.2, 0) is 0 Å². The summed E-state index contributed by atoms with van der Waals surface area (Å²) in [6.07, 6.45) is 1.22. The Morgan fingerprint density at radius 2 is 1.86 bits per heavy atom. The Balaban J connectivity index is 1.56. The lowest BCUT2D eigenvalue weighted by atomic mass is 10.1. The highest BCUT2D eigenvalue weighted by Gasteiger charge is 2.24. The normalized spacial score (nSPS) is 18.0. The molecule has 0 bridgehead atoms. The second-order valence-corrected chi connectivity index (χ2v) is 6.38. The molecule has 5 nitrogen and oxygen atoms in total. The van der Waals surface area contributed by atoms with Gasteiger partial charge in [-0.25, -0.2) is 0 Å². The molecule has 0 aromatic heterocycles. The first-order valence-electron chi connectivity index (χ1n) is 8.05. The largest absolute Gasteiger partial charge is 0.454 e. The molecule has 1 aromatic carbocycles. The van der Waals surface area contributed by atoms with Gasteiger partial charge in [0.25, 0.3) is 5.91 Å². The number of amides is 1. The minimum Gasteiger partial charge on any atom is -0.454 e. The summed E-state index contributed by atoms with van der Waals surface area (Å²) < 4.78 is 10.6. The molecule has 1 aromatic rings. The van der Waals surface area contributed by atoms with Crippen LogP contribution in [0.1, 0.15) is 30.6 Å². The second kappa shape index (κ2) is 6.57. The number of ether oxygens (including phenoxy) is 2. The Kier molecular flexibility index (Phi) is 4.52. The Bertz CT molecular complexity index is 537. The van der Waals surface area contributed by atoms with E-state index in [4.69, 9.17) is 9.47 Å². The van der Waals surface area contributed by atoms with Crippen LogP contribution in [0, 0.1) is 5.92 Å². The van der Waals surface area contributed by atoms with E-state index >= 15 is 0 Å². The maximum absolute atomic E-state index is 12.6. The van der Waals surface area contributed by atoms with Crippen LogP contribution in [0.25, 0.3) is 0 Å². The first-order chi connectivity index (χ1) is 10.6. The molecule has 1 saturated heterocycles. The van der Waals surface area contributed by atoms with E-state index in [9.17, 15) is 4.79 Å². The minimum absolute atomic E-state index is 0.0850. The highest BCUT2D eigenvalue weighted by Crippen LogP contribution is 2.32. The van der Waals surface area contributed by atoms with Gasteiger partial charge in [-0.3, -0.25) is 9.69 Å². The van der Waals surface area contributed by atoms with Gasteiger partial charge in [0, 0.05) is 31.7 Å². The Hall–Kier alpha value is -1.75. The van der Waals surface area contributed by atoms with Crippen molar-refractivity contribution in [3.8, 4) is 11.5 Å². The molecule has 0 N–H and O–H groups in total. The Morgan fingerprint density at radius 1 is 1.14 bits per heavy atom. The molecule has 2 aliphatic heterocycles. The van der Waals surface area contributed by atoms with Gasteiger partial charge in [0.15, 0.2) is 11.5 Å². The predicted octanol–water partition coefficient (Wildman–Crippen LogP) is 2.22. The summed E-state index contributed by atoms with van der Waals surface area (Å²) in [6, 6.07) is 5.42. The van der Waals surface area contributed by atoms with Gasteiger partial charge in [-0.05, 0) is 37.1 Å². The van der Waals surface area contributed by atoms with Gasteiger partial charge in [-0.15, -0.1) is 0 Å². The molecule has 120 valence electrons. The third-order valence-electron chi connectivity index (χ3n) is 4.30. The summed E-state index contributed by atoms with van der Waals surface area (Å²) in [5, 5.41) is 0. The van der Waals surface area contributed by atoms with Crippen molar-refractivity contribution in [2.24, 2.45) is 5.92 Å². The molecule has 22 heavy (non-hydrogen) atoms.